The molecule has 0 radical (unpaired) electrons. The molecule has 13 nitrogen and oxygen atoms in total. The maximum absolute atomic E-state index is 12.8. The molecule has 0 bridgehead atoms. The van der Waals surface area contributed by atoms with E-state index in [1.807, 2.05) is 0 Å². The Hall–Kier alpha value is -4.00. The predicted molar refractivity (Wildman–Crippen MR) is 121 cm³/mol. The van der Waals surface area contributed by atoms with Crippen molar-refractivity contribution in [1.29, 1.82) is 0 Å². The van der Waals surface area contributed by atoms with Crippen LogP contribution in [-0.2, 0) is 35.2 Å². The largest absolute Gasteiger partial charge is 0.481 e. The molecule has 192 valence electrons. The molecule has 0 spiro atoms. The summed E-state index contributed by atoms with van der Waals surface area (Å²) < 4.78 is 0. The minimum Gasteiger partial charge on any atom is -0.481 e. The van der Waals surface area contributed by atoms with Crippen molar-refractivity contribution in [3.8, 4) is 0 Å². The molecule has 0 heterocycles. The van der Waals surface area contributed by atoms with E-state index in [4.69, 9.17) is 15.9 Å². The van der Waals surface area contributed by atoms with Gasteiger partial charge in [0, 0.05) is 19.3 Å². The molecule has 1 rings (SSSR count). The Morgan fingerprint density at radius 1 is 0.771 bits per heavy atom. The first-order chi connectivity index (χ1) is 16.4. The van der Waals surface area contributed by atoms with Crippen LogP contribution in [-0.4, -0.2) is 75.1 Å². The first-order valence-corrected chi connectivity index (χ1v) is 10.8. The van der Waals surface area contributed by atoms with Crippen LogP contribution in [0.25, 0.3) is 0 Å². The van der Waals surface area contributed by atoms with E-state index in [9.17, 15) is 33.9 Å². The van der Waals surface area contributed by atoms with E-state index in [-0.39, 0.29) is 25.7 Å². The molecule has 0 aromatic heterocycles. The number of hydrogen-bond donors (Lipinski definition) is 7. The molecule has 1 aromatic carbocycles. The second-order valence-electron chi connectivity index (χ2n) is 7.85. The number of aliphatic carboxylic acids is 3. The van der Waals surface area contributed by atoms with E-state index in [0.717, 1.165) is 0 Å². The third kappa shape index (κ3) is 11.1. The van der Waals surface area contributed by atoms with Crippen LogP contribution in [0, 0.1) is 0 Å². The molecular formula is C22H30N4O9. The summed E-state index contributed by atoms with van der Waals surface area (Å²) in [5, 5.41) is 33.8. The lowest BCUT2D eigenvalue weighted by atomic mass is 10.0. The number of hydrogen-bond acceptors (Lipinski definition) is 7. The molecule has 13 heteroatoms. The molecule has 8 N–H and O–H groups in total. The molecular weight excluding hydrogens is 464 g/mol. The van der Waals surface area contributed by atoms with Gasteiger partial charge in [-0.05, 0) is 25.3 Å². The minimum atomic E-state index is -1.49. The monoisotopic (exact) mass is 494 g/mol. The van der Waals surface area contributed by atoms with Crippen molar-refractivity contribution in [2.45, 2.75) is 63.2 Å². The summed E-state index contributed by atoms with van der Waals surface area (Å²) in [6.07, 6.45) is -1.33. The number of carbonyl (C=O) groups excluding carboxylic acids is 3. The molecule has 0 fully saturated rings. The molecule has 0 aliphatic carbocycles. The van der Waals surface area contributed by atoms with E-state index >= 15 is 0 Å². The number of nitrogens with two attached hydrogens (primary N) is 1. The lowest BCUT2D eigenvalue weighted by Gasteiger charge is -2.24. The van der Waals surface area contributed by atoms with Gasteiger partial charge in [0.2, 0.25) is 17.7 Å². The smallest absolute Gasteiger partial charge is 0.326 e. The molecule has 0 aliphatic heterocycles. The summed E-state index contributed by atoms with van der Waals surface area (Å²) in [6, 6.07) is 3.52. The van der Waals surface area contributed by atoms with Gasteiger partial charge in [0.1, 0.15) is 18.1 Å². The summed E-state index contributed by atoms with van der Waals surface area (Å²) in [6.45, 7) is 1.33. The number of benzene rings is 1. The fourth-order valence-corrected chi connectivity index (χ4v) is 2.95. The molecule has 0 saturated carbocycles. The zero-order valence-electron chi connectivity index (χ0n) is 19.1. The predicted octanol–water partition coefficient (Wildman–Crippen LogP) is -1.16. The van der Waals surface area contributed by atoms with E-state index in [1.165, 1.54) is 6.92 Å². The molecule has 0 saturated heterocycles. The highest BCUT2D eigenvalue weighted by Crippen LogP contribution is 2.06. The quantitative estimate of drug-likeness (QED) is 0.155. The summed E-state index contributed by atoms with van der Waals surface area (Å²) >= 11 is 0. The summed E-state index contributed by atoms with van der Waals surface area (Å²) in [5.41, 5.74) is 6.28. The van der Waals surface area contributed by atoms with Crippen LogP contribution >= 0.6 is 0 Å². The number of carboxylic acid groups (broad SMARTS) is 3. The fourth-order valence-electron chi connectivity index (χ4n) is 2.95. The van der Waals surface area contributed by atoms with Gasteiger partial charge < -0.3 is 37.0 Å². The van der Waals surface area contributed by atoms with Crippen LogP contribution in [0.2, 0.25) is 0 Å². The number of nitrogens with one attached hydrogen (secondary N) is 3. The van der Waals surface area contributed by atoms with E-state index in [0.29, 0.717) is 5.56 Å². The first kappa shape index (κ1) is 29.0. The molecule has 0 aliphatic rings. The minimum absolute atomic E-state index is 0.0114. The topological polar surface area (TPSA) is 225 Å². The van der Waals surface area contributed by atoms with Crippen LogP contribution in [0.3, 0.4) is 0 Å². The van der Waals surface area contributed by atoms with Crippen LogP contribution < -0.4 is 21.7 Å². The van der Waals surface area contributed by atoms with Gasteiger partial charge in [0.25, 0.3) is 0 Å². The highest BCUT2D eigenvalue weighted by molar-refractivity contribution is 5.94. The maximum atomic E-state index is 12.8. The normalized spacial score (nSPS) is 14.0. The van der Waals surface area contributed by atoms with E-state index < -0.39 is 66.2 Å². The Balaban J connectivity index is 2.91. The van der Waals surface area contributed by atoms with Crippen LogP contribution in [0.5, 0.6) is 0 Å². The van der Waals surface area contributed by atoms with E-state index in [2.05, 4.69) is 16.0 Å². The second kappa shape index (κ2) is 14.3. The van der Waals surface area contributed by atoms with Crippen molar-refractivity contribution in [3.63, 3.8) is 0 Å². The Labute approximate surface area is 201 Å². The standard InChI is InChI=1S/C22H30N4O9/c1-12(24-20(32)14(23)7-9-17(27)28)19(31)26-16(11-13-5-3-2-4-6-13)21(33)25-15(22(34)35)8-10-18(29)30/h2-6,12,14-16H,7-11,23H2,1H3,(H,24,32)(H,25,33)(H,26,31)(H,27,28)(H,29,30)(H,34,35). The van der Waals surface area contributed by atoms with Gasteiger partial charge in [0.05, 0.1) is 6.04 Å². The highest BCUT2D eigenvalue weighted by atomic mass is 16.4. The number of rotatable bonds is 15. The van der Waals surface area contributed by atoms with Crippen LogP contribution in [0.4, 0.5) is 0 Å². The van der Waals surface area contributed by atoms with Crippen molar-refractivity contribution >= 4 is 35.6 Å². The highest BCUT2D eigenvalue weighted by Gasteiger charge is 2.29. The van der Waals surface area contributed by atoms with Gasteiger partial charge in [-0.15, -0.1) is 0 Å². The maximum Gasteiger partial charge on any atom is 0.326 e. The van der Waals surface area contributed by atoms with Gasteiger partial charge in [-0.1, -0.05) is 30.3 Å². The van der Waals surface area contributed by atoms with Crippen LogP contribution in [0.15, 0.2) is 30.3 Å². The van der Waals surface area contributed by atoms with E-state index in [1.54, 1.807) is 30.3 Å². The van der Waals surface area contributed by atoms with Crippen molar-refractivity contribution in [3.05, 3.63) is 35.9 Å². The fraction of sp³-hybridized carbons (Fsp3) is 0.455. The average molecular weight is 495 g/mol. The third-order valence-corrected chi connectivity index (χ3v) is 4.94. The Bertz CT molecular complexity index is 923. The van der Waals surface area contributed by atoms with Crippen molar-refractivity contribution in [2.24, 2.45) is 5.73 Å². The zero-order chi connectivity index (χ0) is 26.5. The average Bonchev–Trinajstić information content (AvgIpc) is 2.79. The molecule has 35 heavy (non-hydrogen) atoms. The van der Waals surface area contributed by atoms with Crippen molar-refractivity contribution in [1.82, 2.24) is 16.0 Å². The molecule has 1 aromatic rings. The van der Waals surface area contributed by atoms with Crippen molar-refractivity contribution < 1.29 is 44.1 Å². The zero-order valence-corrected chi connectivity index (χ0v) is 19.1. The van der Waals surface area contributed by atoms with Gasteiger partial charge in [0.15, 0.2) is 0 Å². The second-order valence-corrected chi connectivity index (χ2v) is 7.85. The van der Waals surface area contributed by atoms with Crippen molar-refractivity contribution in [2.75, 3.05) is 0 Å². The third-order valence-electron chi connectivity index (χ3n) is 4.94. The molecule has 4 atom stereocenters. The summed E-state index contributed by atoms with van der Waals surface area (Å²) in [7, 11) is 0. The lowest BCUT2D eigenvalue weighted by molar-refractivity contribution is -0.143. The molecule has 3 amide bonds. The van der Waals surface area contributed by atoms with Gasteiger partial charge >= 0.3 is 17.9 Å². The Morgan fingerprint density at radius 2 is 1.31 bits per heavy atom. The van der Waals surface area contributed by atoms with Gasteiger partial charge in [-0.2, -0.15) is 0 Å². The van der Waals surface area contributed by atoms with Gasteiger partial charge in [-0.3, -0.25) is 24.0 Å². The number of carboxylic acids is 3. The lowest BCUT2D eigenvalue weighted by Crippen LogP contribution is -2.57. The first-order valence-electron chi connectivity index (χ1n) is 10.8. The number of carbonyl (C=O) groups is 6. The van der Waals surface area contributed by atoms with Gasteiger partial charge in [-0.25, -0.2) is 4.79 Å². The SMILES string of the molecule is CC(NC(=O)C(N)CCC(=O)O)C(=O)NC(Cc1ccccc1)C(=O)NC(CCC(=O)O)C(=O)O. The summed E-state index contributed by atoms with van der Waals surface area (Å²) in [4.78, 5) is 70.5. The number of amides is 3. The Kier molecular flexibility index (Phi) is 11.9. The van der Waals surface area contributed by atoms with Crippen LogP contribution in [0.1, 0.15) is 38.2 Å². The molecule has 4 unspecified atom stereocenters. The summed E-state index contributed by atoms with van der Waals surface area (Å²) in [5.74, 6) is -6.16. The Morgan fingerprint density at radius 3 is 1.86 bits per heavy atom.